The highest BCUT2D eigenvalue weighted by Gasteiger charge is 2.07. The molecule has 144 valence electrons. The third-order valence-electron chi connectivity index (χ3n) is 4.21. The number of allylic oxidation sites excluding steroid dienone is 1. The lowest BCUT2D eigenvalue weighted by Crippen LogP contribution is -2.11. The Morgan fingerprint density at radius 3 is 2.21 bits per heavy atom. The molecule has 0 unspecified atom stereocenters. The maximum Gasteiger partial charge on any atom is 0.315 e. The van der Waals surface area contributed by atoms with Gasteiger partial charge in [-0.05, 0) is 54.0 Å². The van der Waals surface area contributed by atoms with Crippen LogP contribution in [0, 0.1) is 11.3 Å². The topological polar surface area (TPSA) is 59.3 Å². The van der Waals surface area contributed by atoms with E-state index in [1.165, 1.54) is 0 Å². The van der Waals surface area contributed by atoms with E-state index in [2.05, 4.69) is 6.07 Å². The van der Waals surface area contributed by atoms with Gasteiger partial charge >= 0.3 is 5.97 Å². The minimum Gasteiger partial charge on any atom is -0.494 e. The van der Waals surface area contributed by atoms with E-state index in [-0.39, 0.29) is 12.4 Å². The Balaban J connectivity index is 1.62. The molecule has 29 heavy (non-hydrogen) atoms. The maximum absolute atomic E-state index is 12.2. The zero-order valence-corrected chi connectivity index (χ0v) is 16.2. The van der Waals surface area contributed by atoms with Crippen LogP contribution >= 0.6 is 0 Å². The number of benzene rings is 3. The molecule has 0 amide bonds. The van der Waals surface area contributed by atoms with E-state index in [0.29, 0.717) is 17.9 Å². The average molecular weight is 383 g/mol. The number of esters is 1. The highest BCUT2D eigenvalue weighted by Crippen LogP contribution is 2.20. The van der Waals surface area contributed by atoms with E-state index in [1.807, 2.05) is 73.7 Å². The Morgan fingerprint density at radius 1 is 0.931 bits per heavy atom. The first-order valence-corrected chi connectivity index (χ1v) is 9.37. The first-order valence-electron chi connectivity index (χ1n) is 9.37. The molecule has 0 saturated heterocycles. The van der Waals surface area contributed by atoms with Gasteiger partial charge in [-0.15, -0.1) is 0 Å². The van der Waals surface area contributed by atoms with E-state index in [4.69, 9.17) is 9.47 Å². The van der Waals surface area contributed by atoms with Crippen molar-refractivity contribution in [1.82, 2.24) is 0 Å². The molecule has 0 bridgehead atoms. The second kappa shape index (κ2) is 9.91. The predicted molar refractivity (Wildman–Crippen MR) is 113 cm³/mol. The van der Waals surface area contributed by atoms with Crippen LogP contribution in [0.15, 0.2) is 78.9 Å². The summed E-state index contributed by atoms with van der Waals surface area (Å²) in [5.41, 5.74) is 3.16. The van der Waals surface area contributed by atoms with Gasteiger partial charge < -0.3 is 9.47 Å². The summed E-state index contributed by atoms with van der Waals surface area (Å²) in [4.78, 5) is 12.2. The van der Waals surface area contributed by atoms with Gasteiger partial charge in [-0.25, -0.2) is 0 Å². The van der Waals surface area contributed by atoms with Crippen LogP contribution in [0.4, 0.5) is 0 Å². The van der Waals surface area contributed by atoms with Crippen LogP contribution in [-0.4, -0.2) is 12.6 Å². The molecule has 0 heterocycles. The van der Waals surface area contributed by atoms with Gasteiger partial charge in [0, 0.05) is 0 Å². The summed E-state index contributed by atoms with van der Waals surface area (Å²) in [6.45, 7) is 2.53. The third-order valence-corrected chi connectivity index (χ3v) is 4.21. The number of nitrogens with zero attached hydrogens (tertiary/aromatic N) is 1. The van der Waals surface area contributed by atoms with E-state index < -0.39 is 0 Å². The predicted octanol–water partition coefficient (Wildman–Crippen LogP) is 5.30. The largest absolute Gasteiger partial charge is 0.494 e. The highest BCUT2D eigenvalue weighted by molar-refractivity contribution is 5.89. The molecule has 3 aromatic carbocycles. The van der Waals surface area contributed by atoms with Crippen LogP contribution in [-0.2, 0) is 11.2 Å². The Bertz CT molecular complexity index is 1010. The number of ether oxygens (including phenoxy) is 2. The summed E-state index contributed by atoms with van der Waals surface area (Å²) in [7, 11) is 0. The number of carbonyl (C=O) groups excluding carboxylic acids is 1. The molecule has 3 rings (SSSR count). The standard InChI is InChI=1S/C25H21NO3/c1-2-28-23-12-8-20(9-13-23)17-25(27)29-24-14-10-19(11-15-24)16-22(18-26)21-6-4-3-5-7-21/h3-16H,2,17H2,1H3/b22-16-. The SMILES string of the molecule is CCOc1ccc(CC(=O)Oc2ccc(/C=C(/C#N)c3ccccc3)cc2)cc1. The quantitative estimate of drug-likeness (QED) is 0.240. The Hall–Kier alpha value is -3.84. The van der Waals surface area contributed by atoms with Gasteiger partial charge in [0.2, 0.25) is 0 Å². The molecule has 3 aromatic rings. The Labute approximate surface area is 170 Å². The minimum atomic E-state index is -0.334. The number of rotatable bonds is 7. The van der Waals surface area contributed by atoms with Gasteiger partial charge in [-0.3, -0.25) is 4.79 Å². The monoisotopic (exact) mass is 383 g/mol. The zero-order chi connectivity index (χ0) is 20.5. The van der Waals surface area contributed by atoms with Gasteiger partial charge in [-0.2, -0.15) is 5.26 Å². The van der Waals surface area contributed by atoms with Crippen LogP contribution in [0.1, 0.15) is 23.6 Å². The minimum absolute atomic E-state index is 0.181. The van der Waals surface area contributed by atoms with Crippen molar-refractivity contribution >= 4 is 17.6 Å². The van der Waals surface area contributed by atoms with E-state index >= 15 is 0 Å². The van der Waals surface area contributed by atoms with Crippen molar-refractivity contribution in [3.8, 4) is 17.6 Å². The number of carbonyl (C=O) groups is 1. The van der Waals surface area contributed by atoms with Gasteiger partial charge in [0.05, 0.1) is 24.7 Å². The summed E-state index contributed by atoms with van der Waals surface area (Å²) in [5, 5.41) is 9.41. The van der Waals surface area contributed by atoms with E-state index in [1.54, 1.807) is 18.2 Å². The van der Waals surface area contributed by atoms with E-state index in [9.17, 15) is 10.1 Å². The Morgan fingerprint density at radius 2 is 1.59 bits per heavy atom. The van der Waals surface area contributed by atoms with Crippen molar-refractivity contribution in [3.05, 3.63) is 95.6 Å². The average Bonchev–Trinajstić information content (AvgIpc) is 2.75. The molecule has 0 spiro atoms. The first kappa shape index (κ1) is 19.9. The van der Waals surface area contributed by atoms with Gasteiger partial charge in [0.1, 0.15) is 11.5 Å². The lowest BCUT2D eigenvalue weighted by Gasteiger charge is -2.07. The number of hydrogen-bond acceptors (Lipinski definition) is 4. The molecule has 0 atom stereocenters. The van der Waals surface area contributed by atoms with Gasteiger partial charge in [0.25, 0.3) is 0 Å². The van der Waals surface area contributed by atoms with Crippen LogP contribution in [0.3, 0.4) is 0 Å². The van der Waals surface area contributed by atoms with Gasteiger partial charge in [0.15, 0.2) is 0 Å². The van der Waals surface area contributed by atoms with Crippen molar-refractivity contribution in [2.24, 2.45) is 0 Å². The molecule has 0 saturated carbocycles. The molecule has 0 radical (unpaired) electrons. The first-order chi connectivity index (χ1) is 14.2. The fourth-order valence-electron chi connectivity index (χ4n) is 2.80. The summed E-state index contributed by atoms with van der Waals surface area (Å²) < 4.78 is 10.8. The molecule has 0 aliphatic carbocycles. The normalized spacial score (nSPS) is 10.8. The molecule has 4 heteroatoms. The molecule has 0 fully saturated rings. The van der Waals surface area contributed by atoms with Crippen molar-refractivity contribution in [3.63, 3.8) is 0 Å². The number of nitriles is 1. The summed E-state index contributed by atoms with van der Waals surface area (Å²) in [6, 6.07) is 26.2. The van der Waals surface area contributed by atoms with Gasteiger partial charge in [-0.1, -0.05) is 54.6 Å². The molecule has 0 N–H and O–H groups in total. The van der Waals surface area contributed by atoms with Crippen molar-refractivity contribution in [1.29, 1.82) is 5.26 Å². The molecule has 0 aliphatic rings. The molecular weight excluding hydrogens is 362 g/mol. The van der Waals surface area contributed by atoms with E-state index in [0.717, 1.165) is 22.4 Å². The molecular formula is C25H21NO3. The van der Waals surface area contributed by atoms with Crippen molar-refractivity contribution < 1.29 is 14.3 Å². The second-order valence-corrected chi connectivity index (χ2v) is 6.33. The van der Waals surface area contributed by atoms with Crippen LogP contribution in [0.2, 0.25) is 0 Å². The number of hydrogen-bond donors (Lipinski definition) is 0. The van der Waals surface area contributed by atoms with Crippen molar-refractivity contribution in [2.75, 3.05) is 6.61 Å². The third kappa shape index (κ3) is 5.82. The Kier molecular flexibility index (Phi) is 6.80. The van der Waals surface area contributed by atoms with Crippen LogP contribution in [0.25, 0.3) is 11.6 Å². The lowest BCUT2D eigenvalue weighted by molar-refractivity contribution is -0.133. The maximum atomic E-state index is 12.2. The summed E-state index contributed by atoms with van der Waals surface area (Å²) in [6.07, 6.45) is 1.99. The van der Waals surface area contributed by atoms with Crippen molar-refractivity contribution in [2.45, 2.75) is 13.3 Å². The smallest absolute Gasteiger partial charge is 0.315 e. The van der Waals surface area contributed by atoms with Crippen LogP contribution < -0.4 is 9.47 Å². The summed E-state index contributed by atoms with van der Waals surface area (Å²) in [5.74, 6) is 0.913. The summed E-state index contributed by atoms with van der Waals surface area (Å²) >= 11 is 0. The second-order valence-electron chi connectivity index (χ2n) is 6.33. The highest BCUT2D eigenvalue weighted by atomic mass is 16.5. The molecule has 0 aliphatic heterocycles. The molecule has 0 aromatic heterocycles. The zero-order valence-electron chi connectivity index (χ0n) is 16.2. The lowest BCUT2D eigenvalue weighted by atomic mass is 10.0. The fraction of sp³-hybridized carbons (Fsp3) is 0.120. The van der Waals surface area contributed by atoms with Crippen LogP contribution in [0.5, 0.6) is 11.5 Å². The fourth-order valence-corrected chi connectivity index (χ4v) is 2.80. The molecule has 4 nitrogen and oxygen atoms in total.